The summed E-state index contributed by atoms with van der Waals surface area (Å²) >= 11 is 0. The molecule has 0 radical (unpaired) electrons. The van der Waals surface area contributed by atoms with Crippen molar-refractivity contribution in [2.45, 2.75) is 31.4 Å². The minimum Gasteiger partial charge on any atom is -0.406 e. The van der Waals surface area contributed by atoms with E-state index in [0.717, 1.165) is 24.0 Å². The molecule has 0 unspecified atom stereocenters. The monoisotopic (exact) mass is 378 g/mol. The first kappa shape index (κ1) is 19.5. The fourth-order valence-corrected chi connectivity index (χ4v) is 2.94. The van der Waals surface area contributed by atoms with Gasteiger partial charge in [-0.3, -0.25) is 0 Å². The molecule has 0 aromatic heterocycles. The molecule has 6 heteroatoms. The number of ether oxygens (including phenoxy) is 3. The first-order valence-electron chi connectivity index (χ1n) is 8.73. The van der Waals surface area contributed by atoms with E-state index in [1.165, 1.54) is 17.7 Å². The van der Waals surface area contributed by atoms with Gasteiger partial charge in [-0.15, -0.1) is 19.8 Å². The molecule has 0 saturated carbocycles. The molecule has 0 amide bonds. The molecular formula is C21H21F3O3. The Balaban J connectivity index is 1.54. The molecule has 1 saturated heterocycles. The number of allylic oxidation sites excluding steroid dienone is 1. The Kier molecular flexibility index (Phi) is 6.19. The van der Waals surface area contributed by atoms with Crippen molar-refractivity contribution in [1.82, 2.24) is 0 Å². The Bertz CT molecular complexity index is 731. The molecule has 1 heterocycles. The molecular weight excluding hydrogens is 357 g/mol. The summed E-state index contributed by atoms with van der Waals surface area (Å²) in [6.45, 7) is 4.59. The Morgan fingerprint density at radius 2 is 1.56 bits per heavy atom. The summed E-state index contributed by atoms with van der Waals surface area (Å²) in [4.78, 5) is 0. The topological polar surface area (TPSA) is 27.7 Å². The number of halogens is 3. The second-order valence-corrected chi connectivity index (χ2v) is 6.38. The minimum atomic E-state index is -4.69. The highest BCUT2D eigenvalue weighted by Crippen LogP contribution is 2.31. The highest BCUT2D eigenvalue weighted by molar-refractivity contribution is 5.30. The SMILES string of the molecule is C=CCCc1ccc(C2OCC(c3ccc(OC(F)(F)F)cc3)CO2)cc1. The van der Waals surface area contributed by atoms with Crippen LogP contribution >= 0.6 is 0 Å². The molecule has 3 rings (SSSR count). The molecule has 1 aliphatic rings. The van der Waals surface area contributed by atoms with E-state index in [4.69, 9.17) is 9.47 Å². The van der Waals surface area contributed by atoms with Crippen LogP contribution in [0.2, 0.25) is 0 Å². The number of benzene rings is 2. The largest absolute Gasteiger partial charge is 0.573 e. The van der Waals surface area contributed by atoms with Crippen molar-refractivity contribution in [3.63, 3.8) is 0 Å². The number of aryl methyl sites for hydroxylation is 1. The quantitative estimate of drug-likeness (QED) is 0.619. The number of alkyl halides is 3. The van der Waals surface area contributed by atoms with E-state index in [-0.39, 0.29) is 11.7 Å². The van der Waals surface area contributed by atoms with E-state index < -0.39 is 12.7 Å². The van der Waals surface area contributed by atoms with Crippen molar-refractivity contribution in [3.05, 3.63) is 77.9 Å². The Morgan fingerprint density at radius 1 is 0.963 bits per heavy atom. The van der Waals surface area contributed by atoms with Gasteiger partial charge in [0, 0.05) is 11.5 Å². The van der Waals surface area contributed by atoms with E-state index in [9.17, 15) is 13.2 Å². The molecule has 2 aromatic rings. The molecule has 2 aromatic carbocycles. The predicted molar refractivity (Wildman–Crippen MR) is 95.5 cm³/mol. The Morgan fingerprint density at radius 3 is 2.11 bits per heavy atom. The molecule has 0 aliphatic carbocycles. The van der Waals surface area contributed by atoms with Crippen molar-refractivity contribution in [2.75, 3.05) is 13.2 Å². The summed E-state index contributed by atoms with van der Waals surface area (Å²) in [6, 6.07) is 13.9. The van der Waals surface area contributed by atoms with Crippen LogP contribution in [-0.4, -0.2) is 19.6 Å². The molecule has 27 heavy (non-hydrogen) atoms. The molecule has 1 aliphatic heterocycles. The molecule has 0 bridgehead atoms. The van der Waals surface area contributed by atoms with Gasteiger partial charge in [-0.1, -0.05) is 42.5 Å². The standard InChI is InChI=1S/C21H21F3O3/c1-2-3-4-15-5-7-17(8-6-15)20-25-13-18(14-26-20)16-9-11-19(12-10-16)27-21(22,23)24/h2,5-12,18,20H,1,3-4,13-14H2. The summed E-state index contributed by atoms with van der Waals surface area (Å²) in [5, 5.41) is 0. The normalized spacial score (nSPS) is 20.3. The number of hydrogen-bond acceptors (Lipinski definition) is 3. The third kappa shape index (κ3) is 5.58. The van der Waals surface area contributed by atoms with Crippen molar-refractivity contribution in [2.24, 2.45) is 0 Å². The maximum Gasteiger partial charge on any atom is 0.573 e. The number of rotatable bonds is 6. The van der Waals surface area contributed by atoms with Crippen LogP contribution < -0.4 is 4.74 Å². The van der Waals surface area contributed by atoms with Crippen LogP contribution in [0.5, 0.6) is 5.75 Å². The summed E-state index contributed by atoms with van der Waals surface area (Å²) in [5.74, 6) is -0.272. The lowest BCUT2D eigenvalue weighted by molar-refractivity contribution is -0.274. The average Bonchev–Trinajstić information content (AvgIpc) is 2.66. The zero-order chi connectivity index (χ0) is 19.3. The molecule has 0 N–H and O–H groups in total. The summed E-state index contributed by atoms with van der Waals surface area (Å²) in [5.41, 5.74) is 3.03. The van der Waals surface area contributed by atoms with E-state index in [2.05, 4.69) is 23.4 Å². The van der Waals surface area contributed by atoms with E-state index in [1.54, 1.807) is 12.1 Å². The van der Waals surface area contributed by atoms with Crippen LogP contribution in [0.1, 0.15) is 35.3 Å². The molecule has 3 nitrogen and oxygen atoms in total. The molecule has 0 spiro atoms. The summed E-state index contributed by atoms with van der Waals surface area (Å²) in [7, 11) is 0. The maximum absolute atomic E-state index is 12.2. The van der Waals surface area contributed by atoms with Gasteiger partial charge in [0.15, 0.2) is 6.29 Å². The fraction of sp³-hybridized carbons (Fsp3) is 0.333. The summed E-state index contributed by atoms with van der Waals surface area (Å²) < 4.78 is 52.2. The van der Waals surface area contributed by atoms with Crippen molar-refractivity contribution < 1.29 is 27.4 Å². The van der Waals surface area contributed by atoms with Gasteiger partial charge in [0.25, 0.3) is 0 Å². The smallest absolute Gasteiger partial charge is 0.406 e. The third-order valence-corrected chi connectivity index (χ3v) is 4.37. The van der Waals surface area contributed by atoms with Crippen molar-refractivity contribution in [1.29, 1.82) is 0 Å². The molecule has 0 atom stereocenters. The van der Waals surface area contributed by atoms with Crippen LogP contribution in [0.3, 0.4) is 0 Å². The maximum atomic E-state index is 12.2. The second kappa shape index (κ2) is 8.59. The zero-order valence-corrected chi connectivity index (χ0v) is 14.7. The van der Waals surface area contributed by atoms with Gasteiger partial charge in [0.05, 0.1) is 13.2 Å². The predicted octanol–water partition coefficient (Wildman–Crippen LogP) is 5.53. The van der Waals surface area contributed by atoms with E-state index >= 15 is 0 Å². The van der Waals surface area contributed by atoms with Crippen LogP contribution in [-0.2, 0) is 15.9 Å². The summed E-state index contributed by atoms with van der Waals surface area (Å²) in [6.07, 6.45) is -1.34. The van der Waals surface area contributed by atoms with E-state index in [1.807, 2.05) is 18.2 Å². The Labute approximate surface area is 156 Å². The van der Waals surface area contributed by atoms with Gasteiger partial charge < -0.3 is 14.2 Å². The lowest BCUT2D eigenvalue weighted by atomic mass is 10.00. The molecule has 144 valence electrons. The highest BCUT2D eigenvalue weighted by Gasteiger charge is 2.31. The van der Waals surface area contributed by atoms with Gasteiger partial charge >= 0.3 is 6.36 Å². The van der Waals surface area contributed by atoms with Crippen LogP contribution in [0.25, 0.3) is 0 Å². The Hall–Kier alpha value is -2.31. The zero-order valence-electron chi connectivity index (χ0n) is 14.7. The lowest BCUT2D eigenvalue weighted by Gasteiger charge is -2.30. The van der Waals surface area contributed by atoms with Crippen LogP contribution in [0, 0.1) is 0 Å². The van der Waals surface area contributed by atoms with Crippen molar-refractivity contribution >= 4 is 0 Å². The first-order valence-corrected chi connectivity index (χ1v) is 8.73. The van der Waals surface area contributed by atoms with Gasteiger partial charge in [0.1, 0.15) is 5.75 Å². The third-order valence-electron chi connectivity index (χ3n) is 4.37. The van der Waals surface area contributed by atoms with Crippen molar-refractivity contribution in [3.8, 4) is 5.75 Å². The van der Waals surface area contributed by atoms with E-state index in [0.29, 0.717) is 13.2 Å². The molecule has 1 fully saturated rings. The minimum absolute atomic E-state index is 0.0342. The van der Waals surface area contributed by atoms with Gasteiger partial charge in [-0.25, -0.2) is 0 Å². The highest BCUT2D eigenvalue weighted by atomic mass is 19.4. The fourth-order valence-electron chi connectivity index (χ4n) is 2.94. The average molecular weight is 378 g/mol. The first-order chi connectivity index (χ1) is 12.9. The second-order valence-electron chi connectivity index (χ2n) is 6.38. The van der Waals surface area contributed by atoms with Gasteiger partial charge in [-0.05, 0) is 36.1 Å². The van der Waals surface area contributed by atoms with Gasteiger partial charge in [0.2, 0.25) is 0 Å². The lowest BCUT2D eigenvalue weighted by Crippen LogP contribution is -2.25. The van der Waals surface area contributed by atoms with Crippen LogP contribution in [0.4, 0.5) is 13.2 Å². The van der Waals surface area contributed by atoms with Crippen LogP contribution in [0.15, 0.2) is 61.2 Å². The number of hydrogen-bond donors (Lipinski definition) is 0. The van der Waals surface area contributed by atoms with Gasteiger partial charge in [-0.2, -0.15) is 0 Å².